The van der Waals surface area contributed by atoms with Gasteiger partial charge in [-0.2, -0.15) is 0 Å². The third kappa shape index (κ3) is 5.17. The van der Waals surface area contributed by atoms with E-state index in [9.17, 15) is 9.59 Å². The predicted octanol–water partition coefficient (Wildman–Crippen LogP) is 4.40. The minimum absolute atomic E-state index is 0.0111. The zero-order valence-electron chi connectivity index (χ0n) is 16.6. The summed E-state index contributed by atoms with van der Waals surface area (Å²) in [5.74, 6) is 0.372. The van der Waals surface area contributed by atoms with E-state index in [1.54, 1.807) is 40.3 Å². The summed E-state index contributed by atoms with van der Waals surface area (Å²) in [5, 5.41) is 0.714. The summed E-state index contributed by atoms with van der Waals surface area (Å²) in [6.45, 7) is 1.57. The Labute approximate surface area is 185 Å². The topological polar surface area (TPSA) is 63.0 Å². The molecule has 1 atom stereocenters. The second-order valence-corrected chi connectivity index (χ2v) is 8.60. The quantitative estimate of drug-likeness (QED) is 0.597. The molecule has 0 spiro atoms. The van der Waals surface area contributed by atoms with E-state index in [0.717, 1.165) is 32.3 Å². The van der Waals surface area contributed by atoms with Gasteiger partial charge in [-0.25, -0.2) is 0 Å². The number of hydrogen-bond acceptors (Lipinski definition) is 4. The van der Waals surface area contributed by atoms with E-state index in [1.807, 2.05) is 6.07 Å². The van der Waals surface area contributed by atoms with Crippen molar-refractivity contribution in [2.45, 2.75) is 44.4 Å². The van der Waals surface area contributed by atoms with Gasteiger partial charge < -0.3 is 19.0 Å². The number of nitrogens with zero attached hydrogens (tertiary/aromatic N) is 2. The van der Waals surface area contributed by atoms with Gasteiger partial charge in [0.2, 0.25) is 5.91 Å². The number of carbonyl (C=O) groups excluding carboxylic acids is 2. The highest BCUT2D eigenvalue weighted by molar-refractivity contribution is 6.42. The summed E-state index contributed by atoms with van der Waals surface area (Å²) in [7, 11) is 0. The molecular weight excluding hydrogens is 427 g/mol. The highest BCUT2D eigenvalue weighted by Gasteiger charge is 2.36. The molecule has 6 nitrogen and oxygen atoms in total. The average molecular weight is 451 g/mol. The van der Waals surface area contributed by atoms with Crippen LogP contribution in [0, 0.1) is 0 Å². The molecule has 1 saturated heterocycles. The van der Waals surface area contributed by atoms with Gasteiger partial charge >= 0.3 is 0 Å². The predicted molar refractivity (Wildman–Crippen MR) is 114 cm³/mol. The first-order valence-electron chi connectivity index (χ1n) is 10.2. The molecule has 0 radical (unpaired) electrons. The van der Waals surface area contributed by atoms with Gasteiger partial charge in [-0.15, -0.1) is 0 Å². The van der Waals surface area contributed by atoms with Crippen molar-refractivity contribution in [3.63, 3.8) is 0 Å². The molecule has 2 heterocycles. The Balaban J connectivity index is 1.49. The monoisotopic (exact) mass is 450 g/mol. The molecule has 0 N–H and O–H groups in total. The number of furan rings is 1. The second kappa shape index (κ2) is 9.41. The van der Waals surface area contributed by atoms with E-state index >= 15 is 0 Å². The molecule has 2 amide bonds. The van der Waals surface area contributed by atoms with Crippen molar-refractivity contribution in [2.75, 3.05) is 19.7 Å². The third-order valence-electron chi connectivity index (χ3n) is 5.45. The molecule has 0 bridgehead atoms. The molecule has 1 aromatic carbocycles. The number of rotatable bonds is 8. The van der Waals surface area contributed by atoms with Crippen LogP contribution in [0.1, 0.15) is 41.8 Å². The maximum atomic E-state index is 13.2. The van der Waals surface area contributed by atoms with Crippen molar-refractivity contribution < 1.29 is 18.7 Å². The molecule has 2 aromatic rings. The molecule has 2 aliphatic rings. The minimum Gasteiger partial charge on any atom is -0.467 e. The van der Waals surface area contributed by atoms with E-state index in [-0.39, 0.29) is 30.5 Å². The lowest BCUT2D eigenvalue weighted by molar-refractivity contribution is -0.134. The molecule has 1 aliphatic carbocycles. The van der Waals surface area contributed by atoms with Gasteiger partial charge in [0.1, 0.15) is 12.3 Å². The van der Waals surface area contributed by atoms with Gasteiger partial charge in [0.25, 0.3) is 5.91 Å². The van der Waals surface area contributed by atoms with Crippen LogP contribution in [-0.2, 0) is 16.1 Å². The van der Waals surface area contributed by atoms with Crippen molar-refractivity contribution in [2.24, 2.45) is 0 Å². The van der Waals surface area contributed by atoms with Crippen LogP contribution in [-0.4, -0.2) is 53.5 Å². The van der Waals surface area contributed by atoms with Crippen LogP contribution in [0.5, 0.6) is 0 Å². The third-order valence-corrected chi connectivity index (χ3v) is 6.19. The van der Waals surface area contributed by atoms with E-state index in [4.69, 9.17) is 32.4 Å². The molecule has 2 fully saturated rings. The zero-order valence-corrected chi connectivity index (χ0v) is 18.1. The number of benzene rings is 1. The van der Waals surface area contributed by atoms with E-state index in [0.29, 0.717) is 34.5 Å². The van der Waals surface area contributed by atoms with Crippen molar-refractivity contribution in [1.82, 2.24) is 9.80 Å². The lowest BCUT2D eigenvalue weighted by atomic mass is 10.2. The summed E-state index contributed by atoms with van der Waals surface area (Å²) in [6.07, 6.45) is 5.32. The normalized spacial score (nSPS) is 18.4. The molecule has 1 unspecified atom stereocenters. The fraction of sp³-hybridized carbons (Fsp3) is 0.455. The van der Waals surface area contributed by atoms with Gasteiger partial charge in [0, 0.05) is 24.8 Å². The van der Waals surface area contributed by atoms with Crippen LogP contribution in [0.2, 0.25) is 10.0 Å². The van der Waals surface area contributed by atoms with Gasteiger partial charge in [-0.3, -0.25) is 9.59 Å². The lowest BCUT2D eigenvalue weighted by Crippen LogP contribution is -2.45. The van der Waals surface area contributed by atoms with Crippen LogP contribution in [0.3, 0.4) is 0 Å². The second-order valence-electron chi connectivity index (χ2n) is 7.78. The van der Waals surface area contributed by atoms with Crippen molar-refractivity contribution in [1.29, 1.82) is 0 Å². The first kappa shape index (κ1) is 21.2. The molecule has 8 heteroatoms. The number of hydrogen-bond donors (Lipinski definition) is 0. The Morgan fingerprint density at radius 2 is 1.93 bits per heavy atom. The van der Waals surface area contributed by atoms with Crippen LogP contribution < -0.4 is 0 Å². The standard InChI is InChI=1S/C22H24Cl2N2O4/c23-19-8-5-15(11-20(19)24)22(28)26(16-6-7-16)14-21(27)25(12-17-3-1-9-29-17)13-18-4-2-10-30-18/h1,3,5,8-9,11,16,18H,2,4,6-7,10,12-14H2. The molecular formula is C22H24Cl2N2O4. The van der Waals surface area contributed by atoms with Crippen LogP contribution in [0.4, 0.5) is 0 Å². The highest BCUT2D eigenvalue weighted by atomic mass is 35.5. The van der Waals surface area contributed by atoms with Crippen molar-refractivity contribution >= 4 is 35.0 Å². The number of ether oxygens (including phenoxy) is 1. The number of carbonyl (C=O) groups is 2. The fourth-order valence-corrected chi connectivity index (χ4v) is 3.97. The Morgan fingerprint density at radius 3 is 2.57 bits per heavy atom. The SMILES string of the molecule is O=C(CN(C(=O)c1ccc(Cl)c(Cl)c1)C1CC1)N(Cc1ccco1)CC1CCCO1. The lowest BCUT2D eigenvalue weighted by Gasteiger charge is -2.29. The van der Waals surface area contributed by atoms with Crippen molar-refractivity contribution in [3.05, 3.63) is 58.0 Å². The molecule has 1 aliphatic heterocycles. The van der Waals surface area contributed by atoms with Gasteiger partial charge in [-0.05, 0) is 56.0 Å². The fourth-order valence-electron chi connectivity index (χ4n) is 3.67. The Morgan fingerprint density at radius 1 is 1.10 bits per heavy atom. The summed E-state index contributed by atoms with van der Waals surface area (Å²) in [6, 6.07) is 8.51. The van der Waals surface area contributed by atoms with E-state index in [1.165, 1.54) is 0 Å². The first-order chi connectivity index (χ1) is 14.5. The van der Waals surface area contributed by atoms with Crippen LogP contribution in [0.25, 0.3) is 0 Å². The summed E-state index contributed by atoms with van der Waals surface area (Å²) in [5.41, 5.74) is 0.431. The van der Waals surface area contributed by atoms with Crippen molar-refractivity contribution in [3.8, 4) is 0 Å². The Bertz CT molecular complexity index is 893. The Kier molecular flexibility index (Phi) is 6.66. The maximum absolute atomic E-state index is 13.2. The number of halogens is 2. The molecule has 160 valence electrons. The van der Waals surface area contributed by atoms with E-state index < -0.39 is 0 Å². The largest absolute Gasteiger partial charge is 0.467 e. The van der Waals surface area contributed by atoms with Crippen LogP contribution in [0.15, 0.2) is 41.0 Å². The van der Waals surface area contributed by atoms with Gasteiger partial charge in [0.05, 0.1) is 29.0 Å². The molecule has 1 aromatic heterocycles. The summed E-state index contributed by atoms with van der Waals surface area (Å²) >= 11 is 12.1. The summed E-state index contributed by atoms with van der Waals surface area (Å²) < 4.78 is 11.2. The average Bonchev–Trinajstić information content (AvgIpc) is 3.20. The molecule has 4 rings (SSSR count). The molecule has 1 saturated carbocycles. The zero-order chi connectivity index (χ0) is 21.1. The molecule has 30 heavy (non-hydrogen) atoms. The Hall–Kier alpha value is -2.02. The van der Waals surface area contributed by atoms with E-state index in [2.05, 4.69) is 0 Å². The van der Waals surface area contributed by atoms with Crippen LogP contribution >= 0.6 is 23.2 Å². The number of amides is 2. The van der Waals surface area contributed by atoms with Gasteiger partial charge in [-0.1, -0.05) is 23.2 Å². The highest BCUT2D eigenvalue weighted by Crippen LogP contribution is 2.30. The summed E-state index contributed by atoms with van der Waals surface area (Å²) in [4.78, 5) is 29.7. The minimum atomic E-state index is -0.209. The smallest absolute Gasteiger partial charge is 0.254 e. The van der Waals surface area contributed by atoms with Gasteiger partial charge in [0.15, 0.2) is 0 Å². The maximum Gasteiger partial charge on any atom is 0.254 e. The first-order valence-corrected chi connectivity index (χ1v) is 10.9.